The maximum absolute atomic E-state index is 6.88. The van der Waals surface area contributed by atoms with Gasteiger partial charge in [-0.25, -0.2) is 0 Å². The molecule has 2 heteroatoms. The highest BCUT2D eigenvalue weighted by atomic mass is 16.3. The second-order valence-electron chi connectivity index (χ2n) is 13.7. The molecular weight excluding hydrogens is 655 g/mol. The van der Waals surface area contributed by atoms with E-state index >= 15 is 0 Å². The predicted molar refractivity (Wildman–Crippen MR) is 228 cm³/mol. The summed E-state index contributed by atoms with van der Waals surface area (Å²) < 4.78 is 6.88. The van der Waals surface area contributed by atoms with Crippen molar-refractivity contribution in [2.24, 2.45) is 0 Å². The molecule has 54 heavy (non-hydrogen) atoms. The largest absolute Gasteiger partial charge is 0.455 e. The van der Waals surface area contributed by atoms with Crippen molar-refractivity contribution in [2.75, 3.05) is 4.90 Å². The van der Waals surface area contributed by atoms with Crippen LogP contribution in [0, 0.1) is 0 Å². The summed E-state index contributed by atoms with van der Waals surface area (Å²) in [6, 6.07) is 75.8. The molecule has 10 aromatic rings. The molecule has 0 saturated carbocycles. The van der Waals surface area contributed by atoms with E-state index in [4.69, 9.17) is 4.42 Å². The Kier molecular flexibility index (Phi) is 7.85. The number of benzene rings is 9. The molecule has 0 amide bonds. The van der Waals surface area contributed by atoms with Gasteiger partial charge in [0, 0.05) is 38.5 Å². The maximum Gasteiger partial charge on any atom is 0.143 e. The Hall–Kier alpha value is -7.16. The monoisotopic (exact) mass is 689 g/mol. The fourth-order valence-corrected chi connectivity index (χ4v) is 7.86. The lowest BCUT2D eigenvalue weighted by atomic mass is 9.96. The minimum absolute atomic E-state index is 0.889. The topological polar surface area (TPSA) is 16.4 Å². The van der Waals surface area contributed by atoms with Crippen LogP contribution >= 0.6 is 0 Å². The second kappa shape index (κ2) is 13.4. The fourth-order valence-electron chi connectivity index (χ4n) is 7.86. The number of hydrogen-bond donors (Lipinski definition) is 0. The van der Waals surface area contributed by atoms with Gasteiger partial charge in [0.15, 0.2) is 0 Å². The number of rotatable bonds is 7. The fraction of sp³-hybridized carbons (Fsp3) is 0. The van der Waals surface area contributed by atoms with Crippen LogP contribution in [0.1, 0.15) is 0 Å². The molecule has 0 aliphatic heterocycles. The first-order chi connectivity index (χ1) is 26.8. The summed E-state index contributed by atoms with van der Waals surface area (Å²) in [4.78, 5) is 2.40. The number of anilines is 3. The lowest BCUT2D eigenvalue weighted by Gasteiger charge is -2.30. The van der Waals surface area contributed by atoms with Crippen LogP contribution in [-0.2, 0) is 0 Å². The number of para-hydroxylation sites is 3. The third kappa shape index (κ3) is 5.53. The number of nitrogens with zero attached hydrogens (tertiary/aromatic N) is 1. The Morgan fingerprint density at radius 2 is 0.759 bits per heavy atom. The van der Waals surface area contributed by atoms with E-state index in [1.165, 1.54) is 27.6 Å². The number of hydrogen-bond acceptors (Lipinski definition) is 2. The van der Waals surface area contributed by atoms with Crippen LogP contribution in [0.4, 0.5) is 17.1 Å². The molecule has 0 aliphatic rings. The van der Waals surface area contributed by atoms with Gasteiger partial charge in [-0.2, -0.15) is 0 Å². The summed E-state index contributed by atoms with van der Waals surface area (Å²) in [6.07, 6.45) is 0. The average molecular weight is 690 g/mol. The summed E-state index contributed by atoms with van der Waals surface area (Å²) in [5, 5.41) is 4.53. The van der Waals surface area contributed by atoms with Crippen molar-refractivity contribution >= 4 is 49.8 Å². The van der Waals surface area contributed by atoms with Gasteiger partial charge < -0.3 is 9.32 Å². The molecule has 0 unspecified atom stereocenters. The highest BCUT2D eigenvalue weighted by molar-refractivity contribution is 6.17. The van der Waals surface area contributed by atoms with E-state index < -0.39 is 0 Å². The third-order valence-corrected chi connectivity index (χ3v) is 10.5. The predicted octanol–water partition coefficient (Wildman–Crippen LogP) is 14.9. The van der Waals surface area contributed by atoms with Crippen molar-refractivity contribution in [3.63, 3.8) is 0 Å². The van der Waals surface area contributed by atoms with Crippen LogP contribution in [0.3, 0.4) is 0 Å². The van der Waals surface area contributed by atoms with Crippen molar-refractivity contribution in [2.45, 2.75) is 0 Å². The van der Waals surface area contributed by atoms with E-state index in [0.717, 1.165) is 66.6 Å². The van der Waals surface area contributed by atoms with Gasteiger partial charge in [-0.1, -0.05) is 182 Å². The molecule has 254 valence electrons. The normalized spacial score (nSPS) is 11.3. The molecule has 0 radical (unpaired) electrons. The summed E-state index contributed by atoms with van der Waals surface area (Å²) >= 11 is 0. The Morgan fingerprint density at radius 1 is 0.278 bits per heavy atom. The molecule has 0 atom stereocenters. The molecule has 0 fully saturated rings. The zero-order valence-electron chi connectivity index (χ0n) is 29.6. The molecule has 0 aliphatic carbocycles. The highest BCUT2D eigenvalue weighted by Gasteiger charge is 2.23. The zero-order valence-corrected chi connectivity index (χ0v) is 29.6. The first-order valence-corrected chi connectivity index (χ1v) is 18.4. The van der Waals surface area contributed by atoms with E-state index in [1.54, 1.807) is 0 Å². The van der Waals surface area contributed by atoms with Gasteiger partial charge in [-0.3, -0.25) is 0 Å². The SMILES string of the molecule is c1ccc(-c2ccc(-c3ccccc3N(c3ccc(-c4ccccc4)cc3)c3ccccc3-c3cccc4c3oc3c5ccccc5ccc43)cc2)cc1. The smallest absolute Gasteiger partial charge is 0.143 e. The molecule has 0 spiro atoms. The third-order valence-electron chi connectivity index (χ3n) is 10.5. The first kappa shape index (κ1) is 31.6. The lowest BCUT2D eigenvalue weighted by Crippen LogP contribution is -2.12. The van der Waals surface area contributed by atoms with Crippen LogP contribution in [0.5, 0.6) is 0 Å². The summed E-state index contributed by atoms with van der Waals surface area (Å²) in [7, 11) is 0. The van der Waals surface area contributed by atoms with Crippen LogP contribution in [-0.4, -0.2) is 0 Å². The van der Waals surface area contributed by atoms with Crippen molar-refractivity contribution in [3.05, 3.63) is 212 Å². The molecule has 0 saturated heterocycles. The first-order valence-electron chi connectivity index (χ1n) is 18.4. The standard InChI is InChI=1S/C52H35NO/c1-3-14-36(15-4-1)38-26-28-41(29-27-38)43-19-9-11-24-49(43)53(42-33-30-39(31-34-42)37-16-5-2-6-17-37)50-25-12-10-21-45(50)46-22-13-23-47-48-35-32-40-18-7-8-20-44(40)51(48)54-52(46)47/h1-35H. The quantitative estimate of drug-likeness (QED) is 0.166. The molecule has 1 heterocycles. The molecular formula is C52H35NO. The van der Waals surface area contributed by atoms with Crippen LogP contribution < -0.4 is 4.90 Å². The minimum Gasteiger partial charge on any atom is -0.455 e. The summed E-state index contributed by atoms with van der Waals surface area (Å²) in [6.45, 7) is 0. The van der Waals surface area contributed by atoms with E-state index in [-0.39, 0.29) is 0 Å². The van der Waals surface area contributed by atoms with Crippen molar-refractivity contribution in [1.82, 2.24) is 0 Å². The number of fused-ring (bicyclic) bond motifs is 5. The Labute approximate surface area is 314 Å². The molecule has 10 rings (SSSR count). The van der Waals surface area contributed by atoms with Gasteiger partial charge >= 0.3 is 0 Å². The van der Waals surface area contributed by atoms with E-state index in [2.05, 4.69) is 217 Å². The zero-order chi connectivity index (χ0) is 35.8. The van der Waals surface area contributed by atoms with Gasteiger partial charge in [-0.15, -0.1) is 0 Å². The van der Waals surface area contributed by atoms with E-state index in [1.807, 2.05) is 0 Å². The molecule has 0 N–H and O–H groups in total. The van der Waals surface area contributed by atoms with Crippen molar-refractivity contribution < 1.29 is 4.42 Å². The van der Waals surface area contributed by atoms with Gasteiger partial charge in [0.05, 0.1) is 11.4 Å². The Balaban J connectivity index is 1.17. The summed E-state index contributed by atoms with van der Waals surface area (Å²) in [5.74, 6) is 0. The molecule has 0 bridgehead atoms. The van der Waals surface area contributed by atoms with Crippen molar-refractivity contribution in [3.8, 4) is 44.5 Å². The molecule has 2 nitrogen and oxygen atoms in total. The minimum atomic E-state index is 0.889. The van der Waals surface area contributed by atoms with Gasteiger partial charge in [0.2, 0.25) is 0 Å². The summed E-state index contributed by atoms with van der Waals surface area (Å²) in [5.41, 5.74) is 14.3. The van der Waals surface area contributed by atoms with Crippen LogP contribution in [0.25, 0.3) is 77.2 Å². The number of furan rings is 1. The molecule has 9 aromatic carbocycles. The second-order valence-corrected chi connectivity index (χ2v) is 13.7. The average Bonchev–Trinajstić information content (AvgIpc) is 3.65. The highest BCUT2D eigenvalue weighted by Crippen LogP contribution is 2.47. The van der Waals surface area contributed by atoms with E-state index in [0.29, 0.717) is 0 Å². The van der Waals surface area contributed by atoms with Crippen molar-refractivity contribution in [1.29, 1.82) is 0 Å². The van der Waals surface area contributed by atoms with Gasteiger partial charge in [0.1, 0.15) is 11.2 Å². The van der Waals surface area contributed by atoms with E-state index in [9.17, 15) is 0 Å². The molecule has 1 aromatic heterocycles. The van der Waals surface area contributed by atoms with Gasteiger partial charge in [0.25, 0.3) is 0 Å². The van der Waals surface area contributed by atoms with Crippen LogP contribution in [0.2, 0.25) is 0 Å². The Bertz CT molecular complexity index is 2910. The lowest BCUT2D eigenvalue weighted by molar-refractivity contribution is 0.674. The maximum atomic E-state index is 6.88. The van der Waals surface area contributed by atoms with Crippen LogP contribution in [0.15, 0.2) is 217 Å². The Morgan fingerprint density at radius 3 is 1.46 bits per heavy atom. The van der Waals surface area contributed by atoms with Gasteiger partial charge in [-0.05, 0) is 63.5 Å².